The van der Waals surface area contributed by atoms with Gasteiger partial charge < -0.3 is 0 Å². The first kappa shape index (κ1) is 11.7. The molecule has 76 valence electrons. The van der Waals surface area contributed by atoms with Gasteiger partial charge in [0.1, 0.15) is 0 Å². The second-order valence-corrected chi connectivity index (χ2v) is 2.25. The zero-order chi connectivity index (χ0) is 10.5. The molecule has 0 bridgehead atoms. The molecule has 0 radical (unpaired) electrons. The summed E-state index contributed by atoms with van der Waals surface area (Å²) in [6.07, 6.45) is -4.41. The molecule has 0 aromatic carbocycles. The molecule has 0 aromatic heterocycles. The summed E-state index contributed by atoms with van der Waals surface area (Å²) in [5, 5.41) is 0. The van der Waals surface area contributed by atoms with E-state index in [-0.39, 0.29) is 6.42 Å². The second-order valence-electron chi connectivity index (χ2n) is 2.25. The van der Waals surface area contributed by atoms with Gasteiger partial charge >= 0.3 is 12.1 Å². The molecule has 0 atom stereocenters. The number of amides is 2. The summed E-state index contributed by atoms with van der Waals surface area (Å²) in [5.41, 5.74) is 2.88. The third kappa shape index (κ3) is 5.05. The Balaban J connectivity index is 3.77. The quantitative estimate of drug-likeness (QED) is 0.634. The smallest absolute Gasteiger partial charge is 0.273 e. The number of nitrogens with one attached hydrogen (secondary N) is 2. The summed E-state index contributed by atoms with van der Waals surface area (Å²) >= 11 is 0. The van der Waals surface area contributed by atoms with E-state index in [0.29, 0.717) is 6.42 Å². The maximum absolute atomic E-state index is 11.5. The number of rotatable bonds is 2. The van der Waals surface area contributed by atoms with Crippen LogP contribution >= 0.6 is 0 Å². The molecule has 0 aliphatic carbocycles. The molecule has 0 spiro atoms. The van der Waals surface area contributed by atoms with Crippen LogP contribution in [-0.4, -0.2) is 18.0 Å². The van der Waals surface area contributed by atoms with Gasteiger partial charge in [0.25, 0.3) is 0 Å². The van der Waals surface area contributed by atoms with Gasteiger partial charge in [0.2, 0.25) is 5.91 Å². The Morgan fingerprint density at radius 1 is 1.23 bits per heavy atom. The number of hydrazine groups is 1. The zero-order valence-electron chi connectivity index (χ0n) is 6.86. The minimum absolute atomic E-state index is 0.0676. The van der Waals surface area contributed by atoms with Gasteiger partial charge in [0, 0.05) is 6.42 Å². The van der Waals surface area contributed by atoms with Crippen molar-refractivity contribution in [3.63, 3.8) is 0 Å². The third-order valence-electron chi connectivity index (χ3n) is 1.05. The van der Waals surface area contributed by atoms with E-state index < -0.39 is 18.0 Å². The van der Waals surface area contributed by atoms with Crippen LogP contribution in [0.3, 0.4) is 0 Å². The second kappa shape index (κ2) is 4.68. The number of carbonyl (C=O) groups excluding carboxylic acids is 2. The monoisotopic (exact) mass is 198 g/mol. The molecule has 0 unspecified atom stereocenters. The largest absolute Gasteiger partial charge is 0.472 e. The van der Waals surface area contributed by atoms with Crippen LogP contribution in [0.25, 0.3) is 0 Å². The molecule has 0 saturated heterocycles. The molecule has 0 aliphatic rings. The van der Waals surface area contributed by atoms with E-state index in [0.717, 1.165) is 0 Å². The lowest BCUT2D eigenvalue weighted by atomic mass is 10.3. The molecule has 2 N–H and O–H groups in total. The normalized spacial score (nSPS) is 10.8. The topological polar surface area (TPSA) is 58.2 Å². The van der Waals surface area contributed by atoms with Gasteiger partial charge in [-0.1, -0.05) is 6.92 Å². The fourth-order valence-corrected chi connectivity index (χ4v) is 0.487. The molecule has 7 heteroatoms. The summed E-state index contributed by atoms with van der Waals surface area (Å²) in [6.45, 7) is 1.69. The Kier molecular flexibility index (Phi) is 4.22. The van der Waals surface area contributed by atoms with Crippen molar-refractivity contribution in [1.82, 2.24) is 10.9 Å². The minimum atomic E-state index is -4.97. The van der Waals surface area contributed by atoms with Gasteiger partial charge in [-0.25, -0.2) is 0 Å². The number of hydrogen-bond donors (Lipinski definition) is 2. The maximum Gasteiger partial charge on any atom is 0.472 e. The van der Waals surface area contributed by atoms with Crippen LogP contribution in [0.5, 0.6) is 0 Å². The zero-order valence-corrected chi connectivity index (χ0v) is 6.86. The van der Waals surface area contributed by atoms with Crippen LogP contribution in [0.1, 0.15) is 19.8 Å². The Morgan fingerprint density at radius 2 is 1.77 bits per heavy atom. The SMILES string of the molecule is CCCC(=O)NNC(=O)C(F)(F)F. The average Bonchev–Trinajstić information content (AvgIpc) is 1.99. The molecule has 0 saturated carbocycles. The molecular formula is C6H9F3N2O2. The maximum atomic E-state index is 11.5. The van der Waals surface area contributed by atoms with Crippen LogP contribution in [0.2, 0.25) is 0 Å². The molecular weight excluding hydrogens is 189 g/mol. The fourth-order valence-electron chi connectivity index (χ4n) is 0.487. The summed E-state index contributed by atoms with van der Waals surface area (Å²) in [4.78, 5) is 20.7. The van der Waals surface area contributed by atoms with Crippen LogP contribution in [0.15, 0.2) is 0 Å². The van der Waals surface area contributed by atoms with Crippen molar-refractivity contribution in [3.05, 3.63) is 0 Å². The van der Waals surface area contributed by atoms with Crippen LogP contribution in [-0.2, 0) is 9.59 Å². The lowest BCUT2D eigenvalue weighted by Gasteiger charge is -2.08. The molecule has 0 aliphatic heterocycles. The summed E-state index contributed by atoms with van der Waals surface area (Å²) in [7, 11) is 0. The highest BCUT2D eigenvalue weighted by Crippen LogP contribution is 2.13. The Hall–Kier alpha value is -1.27. The first-order chi connectivity index (χ1) is 5.88. The Bertz CT molecular complexity index is 203. The molecule has 0 fully saturated rings. The van der Waals surface area contributed by atoms with E-state index in [1.807, 2.05) is 0 Å². The van der Waals surface area contributed by atoms with Crippen LogP contribution in [0, 0.1) is 0 Å². The number of alkyl halides is 3. The van der Waals surface area contributed by atoms with Gasteiger partial charge in [-0.3, -0.25) is 20.4 Å². The van der Waals surface area contributed by atoms with Gasteiger partial charge in [0.05, 0.1) is 0 Å². The average molecular weight is 198 g/mol. The van der Waals surface area contributed by atoms with Gasteiger partial charge in [-0.05, 0) is 6.42 Å². The molecule has 0 aromatic rings. The predicted octanol–water partition coefficient (Wildman–Crippen LogP) is 0.496. The third-order valence-corrected chi connectivity index (χ3v) is 1.05. The fraction of sp³-hybridized carbons (Fsp3) is 0.667. The van der Waals surface area contributed by atoms with E-state index in [2.05, 4.69) is 0 Å². The van der Waals surface area contributed by atoms with Gasteiger partial charge in [-0.2, -0.15) is 13.2 Å². The van der Waals surface area contributed by atoms with Crippen molar-refractivity contribution >= 4 is 11.8 Å². The van der Waals surface area contributed by atoms with Crippen molar-refractivity contribution < 1.29 is 22.8 Å². The molecule has 13 heavy (non-hydrogen) atoms. The minimum Gasteiger partial charge on any atom is -0.273 e. The van der Waals surface area contributed by atoms with Gasteiger partial charge in [-0.15, -0.1) is 0 Å². The first-order valence-corrected chi connectivity index (χ1v) is 3.54. The van der Waals surface area contributed by atoms with Crippen LogP contribution in [0.4, 0.5) is 13.2 Å². The van der Waals surface area contributed by atoms with E-state index >= 15 is 0 Å². The summed E-state index contributed by atoms with van der Waals surface area (Å²) in [5.74, 6) is -2.84. The highest BCUT2D eigenvalue weighted by atomic mass is 19.4. The highest BCUT2D eigenvalue weighted by molar-refractivity contribution is 5.85. The molecule has 0 rings (SSSR count). The van der Waals surface area contributed by atoms with Crippen LogP contribution < -0.4 is 10.9 Å². The molecule has 2 amide bonds. The summed E-state index contributed by atoms with van der Waals surface area (Å²) < 4.78 is 34.6. The van der Waals surface area contributed by atoms with E-state index in [1.54, 1.807) is 12.3 Å². The Labute approximate surface area is 72.5 Å². The van der Waals surface area contributed by atoms with Gasteiger partial charge in [0.15, 0.2) is 0 Å². The Morgan fingerprint density at radius 3 is 2.15 bits per heavy atom. The molecule has 0 heterocycles. The van der Waals surface area contributed by atoms with E-state index in [4.69, 9.17) is 0 Å². The first-order valence-electron chi connectivity index (χ1n) is 3.54. The van der Waals surface area contributed by atoms with Crippen molar-refractivity contribution in [1.29, 1.82) is 0 Å². The van der Waals surface area contributed by atoms with Crippen molar-refractivity contribution in [3.8, 4) is 0 Å². The standard InChI is InChI=1S/C6H9F3N2O2/c1-2-3-4(12)10-11-5(13)6(7,8)9/h2-3H2,1H3,(H,10,12)(H,11,13). The number of halogens is 3. The number of hydrogen-bond acceptors (Lipinski definition) is 2. The van der Waals surface area contributed by atoms with E-state index in [9.17, 15) is 22.8 Å². The van der Waals surface area contributed by atoms with E-state index in [1.165, 1.54) is 5.43 Å². The highest BCUT2D eigenvalue weighted by Gasteiger charge is 2.38. The van der Waals surface area contributed by atoms with Crippen molar-refractivity contribution in [2.24, 2.45) is 0 Å². The predicted molar refractivity (Wildman–Crippen MR) is 37.2 cm³/mol. The van der Waals surface area contributed by atoms with Crippen molar-refractivity contribution in [2.45, 2.75) is 25.9 Å². The van der Waals surface area contributed by atoms with Crippen molar-refractivity contribution in [2.75, 3.05) is 0 Å². The summed E-state index contributed by atoms with van der Waals surface area (Å²) in [6, 6.07) is 0. The lowest BCUT2D eigenvalue weighted by molar-refractivity contribution is -0.175. The molecule has 4 nitrogen and oxygen atoms in total. The lowest BCUT2D eigenvalue weighted by Crippen LogP contribution is -2.47. The number of carbonyl (C=O) groups is 2.